The number of halogens is 2. The minimum absolute atomic E-state index is 0.121. The van der Waals surface area contributed by atoms with E-state index in [2.05, 4.69) is 5.43 Å². The van der Waals surface area contributed by atoms with Crippen molar-refractivity contribution in [1.29, 1.82) is 0 Å². The Hall–Kier alpha value is -4.54. The van der Waals surface area contributed by atoms with Gasteiger partial charge in [0.05, 0.1) is 48.1 Å². The number of nitrogens with one attached hydrogen (secondary N) is 1. The van der Waals surface area contributed by atoms with Crippen molar-refractivity contribution in [2.24, 2.45) is 23.7 Å². The molecule has 4 amide bonds. The fourth-order valence-electron chi connectivity index (χ4n) is 8.24. The van der Waals surface area contributed by atoms with Gasteiger partial charge in [-0.2, -0.15) is 5.01 Å². The number of amides is 4. The molecule has 2 N–H and O–H groups in total. The molecule has 1 saturated carbocycles. The first-order valence-corrected chi connectivity index (χ1v) is 15.9. The SMILES string of the molecule is COc1ccc(C23C(=O)N(Nc4ccc(Cl)cc4Cl)C(=O)C2CC2C(=CCC4C(=O)N(C)C(=O)C42)C3c2ccc(OC)cc2O)cc1. The third kappa shape index (κ3) is 4.45. The molecular weight excluding hydrogens is 645 g/mol. The summed E-state index contributed by atoms with van der Waals surface area (Å²) in [6.45, 7) is 0. The standard InChI is InChI=1S/C35H31Cl2N3O7/c1-39-31(42)23-12-11-21-24(29(23)33(39)44)16-25-32(43)40(38-27-13-6-18(36)14-26(27)37)34(45)35(25,17-4-7-19(46-2)8-5-17)30(21)22-10-9-20(47-3)15-28(22)41/h4-11,13-15,23-25,29-30,38,41H,12,16H2,1-3H3. The zero-order chi connectivity index (χ0) is 33.4. The zero-order valence-electron chi connectivity index (χ0n) is 25.7. The highest BCUT2D eigenvalue weighted by Gasteiger charge is 2.70. The number of fused-ring (bicyclic) bond motifs is 4. The van der Waals surface area contributed by atoms with Crippen LogP contribution in [-0.2, 0) is 24.6 Å². The highest BCUT2D eigenvalue weighted by atomic mass is 35.5. The van der Waals surface area contributed by atoms with Gasteiger partial charge in [0.15, 0.2) is 0 Å². The van der Waals surface area contributed by atoms with Crippen LogP contribution in [0.25, 0.3) is 0 Å². The van der Waals surface area contributed by atoms with E-state index < -0.39 is 46.8 Å². The Morgan fingerprint density at radius 3 is 2.23 bits per heavy atom. The summed E-state index contributed by atoms with van der Waals surface area (Å²) < 4.78 is 10.8. The molecular formula is C35H31Cl2N3O7. The van der Waals surface area contributed by atoms with E-state index in [0.29, 0.717) is 33.3 Å². The summed E-state index contributed by atoms with van der Waals surface area (Å²) in [5.41, 5.74) is 3.31. The fraction of sp³-hybridized carbons (Fsp3) is 0.314. The Kier molecular flexibility index (Phi) is 7.48. The Bertz CT molecular complexity index is 1880. The number of methoxy groups -OCH3 is 2. The summed E-state index contributed by atoms with van der Waals surface area (Å²) >= 11 is 12.6. The number of benzene rings is 3. The molecule has 3 aromatic rings. The van der Waals surface area contributed by atoms with Crippen molar-refractivity contribution in [3.8, 4) is 17.2 Å². The van der Waals surface area contributed by atoms with Crippen molar-refractivity contribution < 1.29 is 33.8 Å². The number of hydrogen-bond donors (Lipinski definition) is 2. The number of likely N-dealkylation sites (tertiary alicyclic amines) is 1. The number of rotatable bonds is 6. The molecule has 2 aliphatic carbocycles. The Morgan fingerprint density at radius 2 is 1.57 bits per heavy atom. The molecule has 10 nitrogen and oxygen atoms in total. The summed E-state index contributed by atoms with van der Waals surface area (Å²) in [6, 6.07) is 16.5. The van der Waals surface area contributed by atoms with Crippen LogP contribution in [0.4, 0.5) is 5.69 Å². The van der Waals surface area contributed by atoms with Crippen molar-refractivity contribution in [3.63, 3.8) is 0 Å². The predicted molar refractivity (Wildman–Crippen MR) is 173 cm³/mol. The lowest BCUT2D eigenvalue weighted by atomic mass is 9.49. The number of hydrazine groups is 1. The van der Waals surface area contributed by atoms with Gasteiger partial charge in [-0.15, -0.1) is 0 Å². The molecule has 12 heteroatoms. The van der Waals surface area contributed by atoms with E-state index in [0.717, 1.165) is 15.5 Å². The number of ether oxygens (including phenoxy) is 2. The molecule has 2 aliphatic heterocycles. The van der Waals surface area contributed by atoms with Gasteiger partial charge in [0.2, 0.25) is 11.8 Å². The number of imide groups is 2. The lowest BCUT2D eigenvalue weighted by Crippen LogP contribution is -2.53. The molecule has 0 bridgehead atoms. The molecule has 47 heavy (non-hydrogen) atoms. The van der Waals surface area contributed by atoms with Gasteiger partial charge in [0, 0.05) is 29.6 Å². The van der Waals surface area contributed by atoms with E-state index in [1.807, 2.05) is 6.08 Å². The van der Waals surface area contributed by atoms with Gasteiger partial charge in [-0.1, -0.05) is 53.1 Å². The van der Waals surface area contributed by atoms with Crippen LogP contribution in [0.3, 0.4) is 0 Å². The first-order valence-electron chi connectivity index (χ1n) is 15.2. The predicted octanol–water partition coefficient (Wildman–Crippen LogP) is 5.33. The first kappa shape index (κ1) is 31.1. The third-order valence-corrected chi connectivity index (χ3v) is 10.9. The number of phenolic OH excluding ortho intramolecular Hbond substituents is 1. The molecule has 3 aromatic carbocycles. The van der Waals surface area contributed by atoms with Crippen LogP contribution >= 0.6 is 23.2 Å². The number of allylic oxidation sites excluding steroid dienone is 2. The van der Waals surface area contributed by atoms with Crippen LogP contribution in [0.15, 0.2) is 72.3 Å². The van der Waals surface area contributed by atoms with Crippen LogP contribution < -0.4 is 14.9 Å². The van der Waals surface area contributed by atoms with Gasteiger partial charge in [-0.05, 0) is 60.7 Å². The van der Waals surface area contributed by atoms with Crippen molar-refractivity contribution >= 4 is 52.5 Å². The second-order valence-electron chi connectivity index (χ2n) is 12.4. The lowest BCUT2D eigenvalue weighted by Gasteiger charge is -2.50. The summed E-state index contributed by atoms with van der Waals surface area (Å²) in [5, 5.41) is 13.1. The van der Waals surface area contributed by atoms with Crippen LogP contribution in [0.1, 0.15) is 29.9 Å². The first-order chi connectivity index (χ1) is 22.5. The Morgan fingerprint density at radius 1 is 0.872 bits per heavy atom. The van der Waals surface area contributed by atoms with Gasteiger partial charge in [-0.25, -0.2) is 0 Å². The molecule has 0 aromatic heterocycles. The maximum absolute atomic E-state index is 15.2. The maximum Gasteiger partial charge on any atom is 0.260 e. The molecule has 0 radical (unpaired) electrons. The van der Waals surface area contributed by atoms with Gasteiger partial charge in [0.25, 0.3) is 11.8 Å². The molecule has 3 fully saturated rings. The monoisotopic (exact) mass is 675 g/mol. The minimum Gasteiger partial charge on any atom is -0.508 e. The van der Waals surface area contributed by atoms with E-state index in [1.165, 1.54) is 33.4 Å². The molecule has 4 aliphatic rings. The molecule has 242 valence electrons. The third-order valence-electron chi connectivity index (χ3n) is 10.3. The normalized spacial score (nSPS) is 28.1. The average Bonchev–Trinajstić information content (AvgIpc) is 3.42. The van der Waals surface area contributed by atoms with Crippen LogP contribution in [0.5, 0.6) is 17.2 Å². The van der Waals surface area contributed by atoms with Crippen molar-refractivity contribution in [2.45, 2.75) is 24.2 Å². The van der Waals surface area contributed by atoms with E-state index in [-0.39, 0.29) is 35.4 Å². The molecule has 2 saturated heterocycles. The smallest absolute Gasteiger partial charge is 0.260 e. The van der Waals surface area contributed by atoms with E-state index in [4.69, 9.17) is 32.7 Å². The molecule has 7 rings (SSSR count). The quantitative estimate of drug-likeness (QED) is 0.265. The molecule has 6 atom stereocenters. The van der Waals surface area contributed by atoms with E-state index in [9.17, 15) is 19.5 Å². The average molecular weight is 677 g/mol. The van der Waals surface area contributed by atoms with Gasteiger partial charge >= 0.3 is 0 Å². The maximum atomic E-state index is 15.2. The van der Waals surface area contributed by atoms with Crippen molar-refractivity contribution in [2.75, 3.05) is 26.7 Å². The highest BCUT2D eigenvalue weighted by Crippen LogP contribution is 2.65. The summed E-state index contributed by atoms with van der Waals surface area (Å²) in [7, 11) is 4.49. The second-order valence-corrected chi connectivity index (χ2v) is 13.2. The minimum atomic E-state index is -1.58. The van der Waals surface area contributed by atoms with Crippen molar-refractivity contribution in [1.82, 2.24) is 9.91 Å². The number of phenols is 1. The number of anilines is 1. The fourth-order valence-corrected chi connectivity index (χ4v) is 8.69. The van der Waals surface area contributed by atoms with Crippen LogP contribution in [0.2, 0.25) is 10.0 Å². The number of hydrogen-bond acceptors (Lipinski definition) is 8. The van der Waals surface area contributed by atoms with Gasteiger partial charge in [0.1, 0.15) is 17.2 Å². The van der Waals surface area contributed by atoms with Crippen LogP contribution in [-0.4, -0.2) is 59.9 Å². The largest absolute Gasteiger partial charge is 0.508 e. The summed E-state index contributed by atoms with van der Waals surface area (Å²) in [4.78, 5) is 57.8. The van der Waals surface area contributed by atoms with Gasteiger partial charge < -0.3 is 14.6 Å². The zero-order valence-corrected chi connectivity index (χ0v) is 27.2. The number of carbonyl (C=O) groups is 4. The Labute approximate surface area is 280 Å². The topological polar surface area (TPSA) is 125 Å². The molecule has 2 heterocycles. The number of nitrogens with zero attached hydrogens (tertiary/aromatic N) is 2. The number of carbonyl (C=O) groups excluding carboxylic acids is 4. The lowest BCUT2D eigenvalue weighted by molar-refractivity contribution is -0.140. The molecule has 6 unspecified atom stereocenters. The molecule has 0 spiro atoms. The van der Waals surface area contributed by atoms with E-state index >= 15 is 4.79 Å². The van der Waals surface area contributed by atoms with Crippen LogP contribution in [0, 0.1) is 23.7 Å². The van der Waals surface area contributed by atoms with Crippen molar-refractivity contribution in [3.05, 3.63) is 93.5 Å². The van der Waals surface area contributed by atoms with E-state index in [1.54, 1.807) is 48.5 Å². The van der Waals surface area contributed by atoms with Gasteiger partial charge in [-0.3, -0.25) is 29.5 Å². The summed E-state index contributed by atoms with van der Waals surface area (Å²) in [5.74, 6) is -4.57. The second kappa shape index (κ2) is 11.3. The summed E-state index contributed by atoms with van der Waals surface area (Å²) in [6.07, 6.45) is 2.33. The highest BCUT2D eigenvalue weighted by molar-refractivity contribution is 6.36. The Balaban J connectivity index is 1.49. The number of aromatic hydroxyl groups is 1.